The van der Waals surface area contributed by atoms with Crippen molar-refractivity contribution in [2.45, 2.75) is 6.92 Å². The second kappa shape index (κ2) is 6.00. The van der Waals surface area contributed by atoms with Gasteiger partial charge in [-0.25, -0.2) is 0 Å². The van der Waals surface area contributed by atoms with E-state index in [1.165, 1.54) is 0 Å². The molecular weight excluding hydrogens is 381 g/mol. The largest absolute Gasteiger partial charge is 0.507 e. The summed E-state index contributed by atoms with van der Waals surface area (Å²) in [6.45, 7) is 1.88. The van der Waals surface area contributed by atoms with Crippen molar-refractivity contribution in [2.75, 3.05) is 38.0 Å². The molecule has 2 aromatic rings. The molecule has 0 radical (unpaired) electrons. The van der Waals surface area contributed by atoms with Crippen LogP contribution in [0.2, 0.25) is 0 Å². The van der Waals surface area contributed by atoms with E-state index in [0.29, 0.717) is 23.3 Å². The van der Waals surface area contributed by atoms with Crippen LogP contribution in [0.25, 0.3) is 11.4 Å². The smallest absolute Gasteiger partial charge is 0.230 e. The summed E-state index contributed by atoms with van der Waals surface area (Å²) in [5.74, 6) is 1.79. The predicted octanol–water partition coefficient (Wildman–Crippen LogP) is 2.29. The zero-order chi connectivity index (χ0) is 15.7. The van der Waals surface area contributed by atoms with Crippen molar-refractivity contribution in [1.29, 1.82) is 0 Å². The monoisotopic (exact) mass is 399 g/mol. The maximum Gasteiger partial charge on any atom is 0.230 e. The lowest BCUT2D eigenvalue weighted by Gasteiger charge is -2.17. The number of hydrogen-bond acceptors (Lipinski definition) is 6. The number of aromatic hydroxyl groups is 1. The molecule has 6 nitrogen and oxygen atoms in total. The van der Waals surface area contributed by atoms with Crippen molar-refractivity contribution in [3.63, 3.8) is 0 Å². The molecule has 1 heterocycles. The highest BCUT2D eigenvalue weighted by Gasteiger charge is 2.16. The number of phenolic OH excluding ortho intramolecular Hbond substituents is 1. The summed E-state index contributed by atoms with van der Waals surface area (Å²) in [6, 6.07) is 3.78. The Morgan fingerprint density at radius 3 is 1.95 bits per heavy atom. The minimum absolute atomic E-state index is 0.211. The Morgan fingerprint density at radius 1 is 0.952 bits per heavy atom. The van der Waals surface area contributed by atoms with Gasteiger partial charge in [-0.05, 0) is 41.6 Å². The number of halogens is 1. The third kappa shape index (κ3) is 3.17. The lowest BCUT2D eigenvalue weighted by Crippen LogP contribution is -2.19. The molecule has 0 amide bonds. The first kappa shape index (κ1) is 15.7. The molecule has 0 atom stereocenters. The fourth-order valence-corrected chi connectivity index (χ4v) is 2.17. The van der Waals surface area contributed by atoms with Crippen molar-refractivity contribution in [1.82, 2.24) is 15.0 Å². The lowest BCUT2D eigenvalue weighted by atomic mass is 10.1. The van der Waals surface area contributed by atoms with Crippen molar-refractivity contribution >= 4 is 34.5 Å². The molecule has 2 rings (SSSR count). The number of aromatic nitrogens is 3. The summed E-state index contributed by atoms with van der Waals surface area (Å²) >= 11 is 2.19. The van der Waals surface area contributed by atoms with Gasteiger partial charge in [0.25, 0.3) is 0 Å². The van der Waals surface area contributed by atoms with Crippen LogP contribution in [0.4, 0.5) is 11.9 Å². The maximum absolute atomic E-state index is 10.4. The molecule has 0 saturated carbocycles. The van der Waals surface area contributed by atoms with Crippen LogP contribution in [0.3, 0.4) is 0 Å². The summed E-state index contributed by atoms with van der Waals surface area (Å²) in [6.07, 6.45) is 0. The van der Waals surface area contributed by atoms with Gasteiger partial charge in [0.05, 0.1) is 5.56 Å². The summed E-state index contributed by atoms with van der Waals surface area (Å²) in [4.78, 5) is 16.9. The van der Waals surface area contributed by atoms with Gasteiger partial charge in [0.2, 0.25) is 11.9 Å². The molecule has 1 aromatic heterocycles. The second-order valence-electron chi connectivity index (χ2n) is 5.12. The number of rotatable bonds is 3. The van der Waals surface area contributed by atoms with E-state index in [1.807, 2.05) is 57.0 Å². The molecule has 7 heteroatoms. The zero-order valence-corrected chi connectivity index (χ0v) is 14.9. The van der Waals surface area contributed by atoms with Crippen LogP contribution in [0.1, 0.15) is 5.56 Å². The Kier molecular flexibility index (Phi) is 4.50. The first-order chi connectivity index (χ1) is 9.81. The van der Waals surface area contributed by atoms with E-state index in [2.05, 4.69) is 37.5 Å². The van der Waals surface area contributed by atoms with Crippen LogP contribution >= 0.6 is 22.6 Å². The SMILES string of the molecule is Cc1c(I)ccc(-c2nc(N(C)C)nc(N(C)C)n2)c1O. The van der Waals surface area contributed by atoms with Gasteiger partial charge in [-0.1, -0.05) is 0 Å². The van der Waals surface area contributed by atoms with Crippen LogP contribution < -0.4 is 9.80 Å². The molecule has 21 heavy (non-hydrogen) atoms. The molecule has 0 fully saturated rings. The summed E-state index contributed by atoms with van der Waals surface area (Å²) in [7, 11) is 7.49. The van der Waals surface area contributed by atoms with E-state index >= 15 is 0 Å². The average Bonchev–Trinajstić information content (AvgIpc) is 2.44. The molecule has 0 unspecified atom stereocenters. The van der Waals surface area contributed by atoms with E-state index in [4.69, 9.17) is 0 Å². The van der Waals surface area contributed by atoms with Crippen LogP contribution in [-0.2, 0) is 0 Å². The minimum Gasteiger partial charge on any atom is -0.507 e. The molecule has 0 bridgehead atoms. The fourth-order valence-electron chi connectivity index (χ4n) is 1.73. The van der Waals surface area contributed by atoms with Crippen molar-refractivity contribution < 1.29 is 5.11 Å². The molecule has 112 valence electrons. The Hall–Kier alpha value is -1.64. The first-order valence-corrected chi connectivity index (χ1v) is 7.48. The summed E-state index contributed by atoms with van der Waals surface area (Å²) < 4.78 is 1.00. The van der Waals surface area contributed by atoms with Crippen LogP contribution in [0, 0.1) is 10.5 Å². The van der Waals surface area contributed by atoms with Crippen LogP contribution in [0.15, 0.2) is 12.1 Å². The van der Waals surface area contributed by atoms with Crippen molar-refractivity contribution in [3.8, 4) is 17.1 Å². The van der Waals surface area contributed by atoms with E-state index in [1.54, 1.807) is 0 Å². The van der Waals surface area contributed by atoms with Gasteiger partial charge < -0.3 is 14.9 Å². The normalized spacial score (nSPS) is 10.6. The standard InChI is InChI=1S/C14H18IN5O/c1-8-10(15)7-6-9(11(8)21)12-16-13(19(2)3)18-14(17-12)20(4)5/h6-7,21H,1-5H3. The highest BCUT2D eigenvalue weighted by atomic mass is 127. The summed E-state index contributed by atoms with van der Waals surface area (Å²) in [5, 5.41) is 10.4. The van der Waals surface area contributed by atoms with Gasteiger partial charge in [-0.15, -0.1) is 0 Å². The Labute approximate surface area is 138 Å². The second-order valence-corrected chi connectivity index (χ2v) is 6.28. The van der Waals surface area contributed by atoms with Crippen LogP contribution in [-0.4, -0.2) is 48.2 Å². The average molecular weight is 399 g/mol. The Bertz CT molecular complexity index is 646. The lowest BCUT2D eigenvalue weighted by molar-refractivity contribution is 0.472. The number of benzene rings is 1. The molecule has 1 aromatic carbocycles. The quantitative estimate of drug-likeness (QED) is 0.800. The number of nitrogens with zero attached hydrogens (tertiary/aromatic N) is 5. The molecule has 0 spiro atoms. The van der Waals surface area contributed by atoms with Crippen LogP contribution in [0.5, 0.6) is 5.75 Å². The predicted molar refractivity (Wildman–Crippen MR) is 93.0 cm³/mol. The van der Waals surface area contributed by atoms with E-state index in [0.717, 1.165) is 9.13 Å². The number of phenols is 1. The number of hydrogen-bond donors (Lipinski definition) is 1. The van der Waals surface area contributed by atoms with Gasteiger partial charge in [0, 0.05) is 37.3 Å². The molecule has 0 aliphatic heterocycles. The van der Waals surface area contributed by atoms with Gasteiger partial charge >= 0.3 is 0 Å². The Balaban J connectivity index is 2.66. The zero-order valence-electron chi connectivity index (χ0n) is 12.7. The van der Waals surface area contributed by atoms with Gasteiger partial charge in [0.15, 0.2) is 5.82 Å². The third-order valence-electron chi connectivity index (χ3n) is 3.02. The van der Waals surface area contributed by atoms with E-state index < -0.39 is 0 Å². The van der Waals surface area contributed by atoms with Gasteiger partial charge in [0.1, 0.15) is 5.75 Å². The highest BCUT2D eigenvalue weighted by molar-refractivity contribution is 14.1. The fraction of sp³-hybridized carbons (Fsp3) is 0.357. The van der Waals surface area contributed by atoms with Crippen molar-refractivity contribution in [3.05, 3.63) is 21.3 Å². The molecule has 0 saturated heterocycles. The molecular formula is C14H18IN5O. The summed E-state index contributed by atoms with van der Waals surface area (Å²) in [5.41, 5.74) is 1.44. The van der Waals surface area contributed by atoms with Crippen molar-refractivity contribution in [2.24, 2.45) is 0 Å². The highest BCUT2D eigenvalue weighted by Crippen LogP contribution is 2.33. The Morgan fingerprint density at radius 2 is 1.48 bits per heavy atom. The first-order valence-electron chi connectivity index (χ1n) is 6.40. The molecule has 1 N–H and O–H groups in total. The number of anilines is 2. The topological polar surface area (TPSA) is 65.4 Å². The molecule has 0 aliphatic carbocycles. The minimum atomic E-state index is 0.211. The van der Waals surface area contributed by atoms with E-state index in [-0.39, 0.29) is 5.75 Å². The maximum atomic E-state index is 10.4. The van der Waals surface area contributed by atoms with E-state index in [9.17, 15) is 5.11 Å². The molecule has 0 aliphatic rings. The third-order valence-corrected chi connectivity index (χ3v) is 4.19. The van der Waals surface area contributed by atoms with Gasteiger partial charge in [-0.3, -0.25) is 0 Å². The van der Waals surface area contributed by atoms with Gasteiger partial charge in [-0.2, -0.15) is 15.0 Å².